The molecule has 202 valence electrons. The molecule has 0 atom stereocenters. The molecular weight excluding hydrogens is 504 g/mol. The fourth-order valence-corrected chi connectivity index (χ4v) is 6.07. The van der Waals surface area contributed by atoms with E-state index in [1.54, 1.807) is 51.1 Å². The molecule has 4 rings (SSSR count). The van der Waals surface area contributed by atoms with Crippen LogP contribution in [0.15, 0.2) is 63.0 Å². The molecule has 1 N–H and O–H groups in total. The third-order valence-electron chi connectivity index (χ3n) is 6.51. The molecule has 3 aromatic rings. The third kappa shape index (κ3) is 5.92. The standard InChI is InChI=1S/C28H34N4O5S/c1-19-13-24(36-5)14-20(2)26(19)38(34,35)32(4)17-25-15-23(18-37-25)28(33)31(3)16-21-7-9-22(10-8-21)27-29-11-6-12-30-27/h7-10,13-15,18H,6,11-12,16-17H2,1-5H3,(H,29,30). The second kappa shape index (κ2) is 11.4. The van der Waals surface area contributed by atoms with Crippen molar-refractivity contribution in [2.24, 2.45) is 4.99 Å². The summed E-state index contributed by atoms with van der Waals surface area (Å²) >= 11 is 0. The highest BCUT2D eigenvalue weighted by molar-refractivity contribution is 7.89. The van der Waals surface area contributed by atoms with Gasteiger partial charge >= 0.3 is 0 Å². The van der Waals surface area contributed by atoms with Gasteiger partial charge in [0, 0.05) is 39.3 Å². The van der Waals surface area contributed by atoms with Crippen LogP contribution in [0.1, 0.15) is 44.8 Å². The lowest BCUT2D eigenvalue weighted by Gasteiger charge is -2.20. The molecule has 0 spiro atoms. The van der Waals surface area contributed by atoms with E-state index in [0.29, 0.717) is 34.7 Å². The summed E-state index contributed by atoms with van der Waals surface area (Å²) in [7, 11) is 0.967. The van der Waals surface area contributed by atoms with Crippen molar-refractivity contribution in [1.29, 1.82) is 0 Å². The molecule has 10 heteroatoms. The highest BCUT2D eigenvalue weighted by Crippen LogP contribution is 2.28. The molecule has 1 aliphatic rings. The van der Waals surface area contributed by atoms with Crippen LogP contribution in [0.3, 0.4) is 0 Å². The lowest BCUT2D eigenvalue weighted by molar-refractivity contribution is 0.0784. The van der Waals surface area contributed by atoms with E-state index in [1.165, 1.54) is 17.6 Å². The number of amides is 1. The van der Waals surface area contributed by atoms with Crippen LogP contribution in [0, 0.1) is 13.8 Å². The molecule has 0 aliphatic carbocycles. The van der Waals surface area contributed by atoms with E-state index in [9.17, 15) is 13.2 Å². The van der Waals surface area contributed by atoms with Gasteiger partial charge in [-0.15, -0.1) is 0 Å². The van der Waals surface area contributed by atoms with Crippen molar-refractivity contribution in [3.8, 4) is 5.75 Å². The molecule has 1 aromatic heterocycles. The number of aryl methyl sites for hydroxylation is 2. The zero-order valence-electron chi connectivity index (χ0n) is 22.4. The Morgan fingerprint density at radius 1 is 1.08 bits per heavy atom. The second-order valence-electron chi connectivity index (χ2n) is 9.52. The highest BCUT2D eigenvalue weighted by Gasteiger charge is 2.27. The smallest absolute Gasteiger partial charge is 0.257 e. The van der Waals surface area contributed by atoms with E-state index >= 15 is 0 Å². The van der Waals surface area contributed by atoms with Crippen LogP contribution < -0.4 is 10.1 Å². The van der Waals surface area contributed by atoms with Crippen LogP contribution in [-0.4, -0.2) is 63.7 Å². The summed E-state index contributed by atoms with van der Waals surface area (Å²) in [4.78, 5) is 19.4. The number of amidine groups is 1. The van der Waals surface area contributed by atoms with E-state index in [0.717, 1.165) is 36.5 Å². The third-order valence-corrected chi connectivity index (χ3v) is 8.62. The fraction of sp³-hybridized carbons (Fsp3) is 0.357. The average Bonchev–Trinajstić information content (AvgIpc) is 3.36. The summed E-state index contributed by atoms with van der Waals surface area (Å²) in [5.41, 5.74) is 3.58. The van der Waals surface area contributed by atoms with Gasteiger partial charge in [0.2, 0.25) is 10.0 Å². The zero-order chi connectivity index (χ0) is 27.4. The number of sulfonamides is 1. The van der Waals surface area contributed by atoms with Gasteiger partial charge in [0.25, 0.3) is 5.91 Å². The van der Waals surface area contributed by atoms with Crippen LogP contribution in [0.4, 0.5) is 0 Å². The lowest BCUT2D eigenvalue weighted by atomic mass is 10.1. The molecule has 2 heterocycles. The maximum Gasteiger partial charge on any atom is 0.257 e. The Hall–Kier alpha value is -3.63. The fourth-order valence-electron chi connectivity index (χ4n) is 4.53. The number of furan rings is 1. The van der Waals surface area contributed by atoms with Crippen molar-refractivity contribution in [3.05, 3.63) is 82.3 Å². The van der Waals surface area contributed by atoms with Crippen LogP contribution in [0.5, 0.6) is 5.75 Å². The second-order valence-corrected chi connectivity index (χ2v) is 11.5. The number of nitrogens with zero attached hydrogens (tertiary/aromatic N) is 3. The van der Waals surface area contributed by atoms with E-state index in [2.05, 4.69) is 10.3 Å². The Kier molecular flexibility index (Phi) is 8.23. The number of hydrogen-bond donors (Lipinski definition) is 1. The minimum Gasteiger partial charge on any atom is -0.497 e. The van der Waals surface area contributed by atoms with Gasteiger partial charge in [0.15, 0.2) is 0 Å². The van der Waals surface area contributed by atoms with Gasteiger partial charge < -0.3 is 19.4 Å². The number of hydrogen-bond acceptors (Lipinski definition) is 7. The molecule has 0 bridgehead atoms. The average molecular weight is 539 g/mol. The number of carbonyl (C=O) groups excluding carboxylic acids is 1. The minimum absolute atomic E-state index is 0.0103. The Balaban J connectivity index is 1.41. The normalized spacial score (nSPS) is 13.7. The van der Waals surface area contributed by atoms with Gasteiger partial charge in [-0.25, -0.2) is 8.42 Å². The van der Waals surface area contributed by atoms with Gasteiger partial charge in [-0.05, 0) is 55.2 Å². The summed E-state index contributed by atoms with van der Waals surface area (Å²) in [5.74, 6) is 1.67. The van der Waals surface area contributed by atoms with Crippen molar-refractivity contribution in [2.45, 2.75) is 38.3 Å². The molecule has 2 aromatic carbocycles. The number of ether oxygens (including phenoxy) is 1. The number of rotatable bonds is 9. The largest absolute Gasteiger partial charge is 0.497 e. The van der Waals surface area contributed by atoms with Crippen LogP contribution in [0.2, 0.25) is 0 Å². The van der Waals surface area contributed by atoms with Gasteiger partial charge in [-0.3, -0.25) is 9.79 Å². The Morgan fingerprint density at radius 2 is 1.76 bits per heavy atom. The topological polar surface area (TPSA) is 104 Å². The molecule has 0 saturated carbocycles. The molecule has 0 fully saturated rings. The van der Waals surface area contributed by atoms with Gasteiger partial charge in [0.05, 0.1) is 24.1 Å². The molecule has 38 heavy (non-hydrogen) atoms. The van der Waals surface area contributed by atoms with Gasteiger partial charge in [-0.1, -0.05) is 24.3 Å². The Labute approximate surface area is 224 Å². The number of aliphatic imine (C=N–C) groups is 1. The first-order valence-electron chi connectivity index (χ1n) is 12.4. The van der Waals surface area contributed by atoms with E-state index < -0.39 is 10.0 Å². The van der Waals surface area contributed by atoms with E-state index in [4.69, 9.17) is 9.15 Å². The quantitative estimate of drug-likeness (QED) is 0.445. The summed E-state index contributed by atoms with van der Waals surface area (Å²) in [6.07, 6.45) is 2.41. The Bertz CT molecular complexity index is 1420. The first-order chi connectivity index (χ1) is 18.1. The van der Waals surface area contributed by atoms with Crippen molar-refractivity contribution in [2.75, 3.05) is 34.3 Å². The molecular formula is C28H34N4O5S. The van der Waals surface area contributed by atoms with Crippen molar-refractivity contribution >= 4 is 21.8 Å². The summed E-state index contributed by atoms with van der Waals surface area (Å²) in [6, 6.07) is 13.0. The van der Waals surface area contributed by atoms with Crippen molar-refractivity contribution < 1.29 is 22.4 Å². The first-order valence-corrected chi connectivity index (χ1v) is 13.9. The molecule has 0 unspecified atom stereocenters. The summed E-state index contributed by atoms with van der Waals surface area (Å²) in [6.45, 7) is 5.64. The number of benzene rings is 2. The molecule has 9 nitrogen and oxygen atoms in total. The predicted octanol–water partition coefficient (Wildman–Crippen LogP) is 3.74. The molecule has 1 aliphatic heterocycles. The van der Waals surface area contributed by atoms with E-state index in [-0.39, 0.29) is 17.3 Å². The van der Waals surface area contributed by atoms with Crippen molar-refractivity contribution in [1.82, 2.24) is 14.5 Å². The monoisotopic (exact) mass is 538 g/mol. The Morgan fingerprint density at radius 3 is 2.37 bits per heavy atom. The summed E-state index contributed by atoms with van der Waals surface area (Å²) < 4.78 is 38.7. The number of methoxy groups -OCH3 is 1. The van der Waals surface area contributed by atoms with Crippen LogP contribution in [0.25, 0.3) is 0 Å². The van der Waals surface area contributed by atoms with E-state index in [1.807, 2.05) is 24.3 Å². The number of carbonyl (C=O) groups is 1. The first kappa shape index (κ1) is 27.4. The SMILES string of the molecule is COc1cc(C)c(S(=O)(=O)N(C)Cc2cc(C(=O)N(C)Cc3ccc(C4=NCCCN4)cc3)co2)c(C)c1. The maximum atomic E-state index is 13.3. The molecule has 0 saturated heterocycles. The van der Waals surface area contributed by atoms with Gasteiger partial charge in [0.1, 0.15) is 23.6 Å². The number of nitrogens with one attached hydrogen (secondary N) is 1. The predicted molar refractivity (Wildman–Crippen MR) is 146 cm³/mol. The minimum atomic E-state index is -3.79. The molecule has 1 amide bonds. The molecule has 0 radical (unpaired) electrons. The summed E-state index contributed by atoms with van der Waals surface area (Å²) in [5, 5.41) is 3.31. The van der Waals surface area contributed by atoms with Crippen LogP contribution in [-0.2, 0) is 23.1 Å². The highest BCUT2D eigenvalue weighted by atomic mass is 32.2. The van der Waals surface area contributed by atoms with Crippen molar-refractivity contribution in [3.63, 3.8) is 0 Å². The zero-order valence-corrected chi connectivity index (χ0v) is 23.3. The lowest BCUT2D eigenvalue weighted by Crippen LogP contribution is -2.30. The maximum absolute atomic E-state index is 13.3. The van der Waals surface area contributed by atoms with Crippen LogP contribution >= 0.6 is 0 Å². The van der Waals surface area contributed by atoms with Gasteiger partial charge in [-0.2, -0.15) is 4.31 Å².